The first-order valence-corrected chi connectivity index (χ1v) is 9.50. The number of hydrogen-bond acceptors (Lipinski definition) is 3. The molecule has 2 aliphatic rings. The second kappa shape index (κ2) is 6.47. The summed E-state index contributed by atoms with van der Waals surface area (Å²) in [5.41, 5.74) is -1.32. The van der Waals surface area contributed by atoms with Gasteiger partial charge in [-0.15, -0.1) is 5.92 Å². The zero-order valence-electron chi connectivity index (χ0n) is 13.3. The molecule has 1 N–H and O–H groups in total. The molecular formula is C16H16ClF3N2O2S. The maximum atomic E-state index is 13.4. The molecule has 0 aromatic heterocycles. The molecule has 2 fully saturated rings. The number of benzene rings is 1. The average Bonchev–Trinajstić information content (AvgIpc) is 3.09. The maximum absolute atomic E-state index is 13.4. The third-order valence-corrected chi connectivity index (χ3v) is 6.86. The van der Waals surface area contributed by atoms with Crippen molar-refractivity contribution in [2.24, 2.45) is 11.8 Å². The summed E-state index contributed by atoms with van der Waals surface area (Å²) >= 11 is 5.68. The molecule has 1 aromatic rings. The summed E-state index contributed by atoms with van der Waals surface area (Å²) in [4.78, 5) is -0.816. The van der Waals surface area contributed by atoms with E-state index in [4.69, 9.17) is 11.6 Å². The highest BCUT2D eigenvalue weighted by Gasteiger charge is 2.50. The molecule has 25 heavy (non-hydrogen) atoms. The zero-order chi connectivity index (χ0) is 18.4. The molecular weight excluding hydrogens is 377 g/mol. The molecule has 136 valence electrons. The van der Waals surface area contributed by atoms with Gasteiger partial charge in [-0.05, 0) is 31.5 Å². The molecule has 0 saturated carbocycles. The predicted molar refractivity (Wildman–Crippen MR) is 87.4 cm³/mol. The van der Waals surface area contributed by atoms with Gasteiger partial charge in [0.15, 0.2) is 0 Å². The fourth-order valence-electron chi connectivity index (χ4n) is 3.58. The van der Waals surface area contributed by atoms with Gasteiger partial charge in [0.2, 0.25) is 10.0 Å². The first kappa shape index (κ1) is 18.5. The molecule has 2 saturated heterocycles. The van der Waals surface area contributed by atoms with E-state index in [2.05, 4.69) is 17.2 Å². The number of hydrogen-bond donors (Lipinski definition) is 1. The van der Waals surface area contributed by atoms with Gasteiger partial charge in [0.25, 0.3) is 0 Å². The molecule has 3 atom stereocenters. The Kier molecular flexibility index (Phi) is 4.79. The third kappa shape index (κ3) is 3.14. The number of nitrogens with zero attached hydrogens (tertiary/aromatic N) is 1. The highest BCUT2D eigenvalue weighted by molar-refractivity contribution is 7.89. The van der Waals surface area contributed by atoms with Crippen molar-refractivity contribution in [3.05, 3.63) is 28.8 Å². The lowest BCUT2D eigenvalue weighted by atomic mass is 9.95. The van der Waals surface area contributed by atoms with Crippen LogP contribution in [0.25, 0.3) is 0 Å². The van der Waals surface area contributed by atoms with Crippen molar-refractivity contribution >= 4 is 21.6 Å². The van der Waals surface area contributed by atoms with Crippen LogP contribution in [-0.2, 0) is 16.2 Å². The number of nitrogens with one attached hydrogen (secondary N) is 1. The van der Waals surface area contributed by atoms with Gasteiger partial charge >= 0.3 is 6.18 Å². The maximum Gasteiger partial charge on any atom is 0.419 e. The van der Waals surface area contributed by atoms with E-state index in [0.717, 1.165) is 16.4 Å². The number of alkyl halides is 3. The Morgan fingerprint density at radius 3 is 2.68 bits per heavy atom. The van der Waals surface area contributed by atoms with Crippen LogP contribution in [0.1, 0.15) is 12.5 Å². The van der Waals surface area contributed by atoms with Gasteiger partial charge in [0.1, 0.15) is 0 Å². The normalized spacial score (nSPS) is 27.0. The van der Waals surface area contributed by atoms with Crippen molar-refractivity contribution in [2.75, 3.05) is 19.6 Å². The minimum absolute atomic E-state index is 0.0317. The van der Waals surface area contributed by atoms with Crippen LogP contribution < -0.4 is 5.32 Å². The van der Waals surface area contributed by atoms with Crippen molar-refractivity contribution in [1.29, 1.82) is 0 Å². The summed E-state index contributed by atoms with van der Waals surface area (Å²) in [6.45, 7) is 2.95. The third-order valence-electron chi connectivity index (χ3n) is 4.66. The molecule has 1 aromatic carbocycles. The van der Waals surface area contributed by atoms with Crippen LogP contribution in [0.3, 0.4) is 0 Å². The lowest BCUT2D eigenvalue weighted by Crippen LogP contribution is -2.39. The Morgan fingerprint density at radius 2 is 2.04 bits per heavy atom. The van der Waals surface area contributed by atoms with Crippen molar-refractivity contribution < 1.29 is 21.6 Å². The Balaban J connectivity index is 2.11. The monoisotopic (exact) mass is 392 g/mol. The predicted octanol–water partition coefficient (Wildman–Crippen LogP) is 2.59. The highest BCUT2D eigenvalue weighted by atomic mass is 35.5. The van der Waals surface area contributed by atoms with Crippen LogP contribution >= 0.6 is 11.6 Å². The first-order valence-electron chi connectivity index (χ1n) is 7.68. The highest BCUT2D eigenvalue weighted by Crippen LogP contribution is 2.42. The number of rotatable bonds is 2. The lowest BCUT2D eigenvalue weighted by molar-refractivity contribution is -0.139. The number of fused-ring (bicyclic) bond motifs is 1. The Morgan fingerprint density at radius 1 is 1.32 bits per heavy atom. The van der Waals surface area contributed by atoms with Gasteiger partial charge in [-0.3, -0.25) is 0 Å². The van der Waals surface area contributed by atoms with Crippen LogP contribution in [0.2, 0.25) is 5.02 Å². The van der Waals surface area contributed by atoms with Crippen molar-refractivity contribution in [1.82, 2.24) is 9.62 Å². The largest absolute Gasteiger partial charge is 0.419 e. The molecule has 1 unspecified atom stereocenters. The van der Waals surface area contributed by atoms with E-state index in [9.17, 15) is 21.6 Å². The molecule has 0 aliphatic carbocycles. The fourth-order valence-corrected chi connectivity index (χ4v) is 5.80. The molecule has 2 aliphatic heterocycles. The molecule has 3 rings (SSSR count). The summed E-state index contributed by atoms with van der Waals surface area (Å²) in [7, 11) is -4.39. The van der Waals surface area contributed by atoms with Crippen LogP contribution in [0.5, 0.6) is 0 Å². The zero-order valence-corrected chi connectivity index (χ0v) is 14.8. The van der Waals surface area contributed by atoms with Gasteiger partial charge in [-0.1, -0.05) is 23.6 Å². The summed E-state index contributed by atoms with van der Waals surface area (Å²) < 4.78 is 67.4. The topological polar surface area (TPSA) is 49.4 Å². The number of halogens is 4. The van der Waals surface area contributed by atoms with Crippen LogP contribution in [-0.4, -0.2) is 38.4 Å². The Labute approximate surface area is 149 Å². The quantitative estimate of drug-likeness (QED) is 0.787. The second-order valence-electron chi connectivity index (χ2n) is 6.11. The van der Waals surface area contributed by atoms with Gasteiger partial charge < -0.3 is 5.32 Å². The lowest BCUT2D eigenvalue weighted by Gasteiger charge is -2.25. The van der Waals surface area contributed by atoms with Gasteiger partial charge in [0.05, 0.1) is 21.5 Å². The van der Waals surface area contributed by atoms with E-state index in [1.807, 2.05) is 0 Å². The summed E-state index contributed by atoms with van der Waals surface area (Å²) in [5, 5.41) is 2.55. The van der Waals surface area contributed by atoms with Gasteiger partial charge in [-0.25, -0.2) is 8.42 Å². The SMILES string of the molecule is CC#CC1[C@@H]2CNC[C@@H]2CN1S(=O)(=O)c1cccc(Cl)c1C(F)(F)F. The molecule has 9 heteroatoms. The minimum Gasteiger partial charge on any atom is -0.316 e. The number of sulfonamides is 1. The van der Waals surface area contributed by atoms with Crippen molar-refractivity contribution in [2.45, 2.75) is 24.0 Å². The average molecular weight is 393 g/mol. The molecule has 0 amide bonds. The van der Waals surface area contributed by atoms with E-state index < -0.39 is 37.7 Å². The van der Waals surface area contributed by atoms with E-state index >= 15 is 0 Å². The van der Waals surface area contributed by atoms with Crippen LogP contribution in [0, 0.1) is 23.7 Å². The fraction of sp³-hybridized carbons (Fsp3) is 0.500. The van der Waals surface area contributed by atoms with E-state index in [-0.39, 0.29) is 18.4 Å². The molecule has 0 spiro atoms. The van der Waals surface area contributed by atoms with Gasteiger partial charge in [0, 0.05) is 19.0 Å². The first-order chi connectivity index (χ1) is 11.7. The van der Waals surface area contributed by atoms with Crippen molar-refractivity contribution in [3.63, 3.8) is 0 Å². The smallest absolute Gasteiger partial charge is 0.316 e. The van der Waals surface area contributed by atoms with E-state index in [1.165, 1.54) is 6.07 Å². The standard InChI is InChI=1S/C16H16ClF3N2O2S/c1-2-4-13-11-8-21-7-10(11)9-22(13)25(23,24)14-6-3-5-12(17)15(14)16(18,19)20/h3,5-6,10-11,13,21H,7-9H2,1H3/t10-,11-,13?/m1/s1. The molecule has 0 bridgehead atoms. The minimum atomic E-state index is -4.87. The van der Waals surface area contributed by atoms with Gasteiger partial charge in [-0.2, -0.15) is 17.5 Å². The van der Waals surface area contributed by atoms with Crippen LogP contribution in [0.15, 0.2) is 23.1 Å². The van der Waals surface area contributed by atoms with E-state index in [0.29, 0.717) is 13.1 Å². The van der Waals surface area contributed by atoms with Crippen LogP contribution in [0.4, 0.5) is 13.2 Å². The summed E-state index contributed by atoms with van der Waals surface area (Å²) in [6, 6.07) is 2.56. The Bertz CT molecular complexity index is 845. The van der Waals surface area contributed by atoms with E-state index in [1.54, 1.807) is 6.92 Å². The second-order valence-corrected chi connectivity index (χ2v) is 8.37. The summed E-state index contributed by atoms with van der Waals surface area (Å²) in [5.74, 6) is 5.56. The van der Waals surface area contributed by atoms with Crippen molar-refractivity contribution in [3.8, 4) is 11.8 Å². The molecule has 2 heterocycles. The molecule has 0 radical (unpaired) electrons. The summed E-state index contributed by atoms with van der Waals surface area (Å²) in [6.07, 6.45) is -4.87. The Hall–Kier alpha value is -1.27. The molecule has 4 nitrogen and oxygen atoms in total.